The van der Waals surface area contributed by atoms with Gasteiger partial charge in [-0.25, -0.2) is 0 Å². The van der Waals surface area contributed by atoms with E-state index in [0.717, 1.165) is 28.1 Å². The lowest BCUT2D eigenvalue weighted by molar-refractivity contribution is 0.104. The van der Waals surface area contributed by atoms with Crippen molar-refractivity contribution in [1.82, 2.24) is 0 Å². The molecule has 0 fully saturated rings. The second-order valence-electron chi connectivity index (χ2n) is 7.63. The van der Waals surface area contributed by atoms with Gasteiger partial charge in [-0.1, -0.05) is 25.7 Å². The molecule has 0 radical (unpaired) electrons. The molecule has 1 aliphatic heterocycles. The first-order chi connectivity index (χ1) is 11.7. The maximum absolute atomic E-state index is 13.3. The predicted octanol–water partition coefficient (Wildman–Crippen LogP) is 2.83. The molecule has 2 aromatic carbocycles. The summed E-state index contributed by atoms with van der Waals surface area (Å²) in [7, 11) is 6.14. The fourth-order valence-corrected chi connectivity index (χ4v) is 6.68. The van der Waals surface area contributed by atoms with Gasteiger partial charge in [-0.15, -0.1) is 0 Å². The van der Waals surface area contributed by atoms with Crippen LogP contribution in [-0.4, -0.2) is 42.0 Å². The Hall–Kier alpha value is -2.33. The zero-order valence-corrected chi connectivity index (χ0v) is 17.0. The Bertz CT molecular complexity index is 882. The number of anilines is 2. The molecule has 130 valence electrons. The topological polar surface area (TPSA) is 23.6 Å². The molecule has 3 nitrogen and oxygen atoms in total. The Morgan fingerprint density at radius 2 is 1.52 bits per heavy atom. The van der Waals surface area contributed by atoms with Crippen LogP contribution in [0.1, 0.15) is 21.5 Å². The summed E-state index contributed by atoms with van der Waals surface area (Å²) in [6.07, 6.45) is 1.81. The van der Waals surface area contributed by atoms with Crippen LogP contribution in [0.15, 0.2) is 36.9 Å². The van der Waals surface area contributed by atoms with Gasteiger partial charge in [-0.3, -0.25) is 4.79 Å². The first kappa shape index (κ1) is 17.5. The Morgan fingerprint density at radius 1 is 0.920 bits per heavy atom. The minimum Gasteiger partial charge on any atom is -0.378 e. The Labute approximate surface area is 151 Å². The molecule has 0 aromatic heterocycles. The van der Waals surface area contributed by atoms with Crippen molar-refractivity contribution in [3.63, 3.8) is 0 Å². The van der Waals surface area contributed by atoms with Crippen LogP contribution in [0.3, 0.4) is 0 Å². The van der Waals surface area contributed by atoms with Gasteiger partial charge in [0.15, 0.2) is 5.78 Å². The van der Waals surface area contributed by atoms with Gasteiger partial charge in [0.1, 0.15) is 8.07 Å². The molecule has 0 unspecified atom stereocenters. The number of hydrogen-bond donors (Lipinski definition) is 0. The molecule has 0 spiro atoms. The molecule has 0 atom stereocenters. The fraction of sp³-hybridized carbons (Fsp3) is 0.286. The van der Waals surface area contributed by atoms with E-state index in [1.54, 1.807) is 0 Å². The lowest BCUT2D eigenvalue weighted by Crippen LogP contribution is -2.60. The third kappa shape index (κ3) is 2.61. The fourth-order valence-electron chi connectivity index (χ4n) is 3.62. The minimum absolute atomic E-state index is 0.127. The van der Waals surface area contributed by atoms with E-state index in [4.69, 9.17) is 0 Å². The van der Waals surface area contributed by atoms with E-state index < -0.39 is 8.07 Å². The van der Waals surface area contributed by atoms with Crippen LogP contribution in [-0.2, 0) is 0 Å². The van der Waals surface area contributed by atoms with Gasteiger partial charge < -0.3 is 9.80 Å². The van der Waals surface area contributed by atoms with E-state index in [1.807, 2.05) is 46.4 Å². The highest BCUT2D eigenvalue weighted by molar-refractivity contribution is 7.02. The van der Waals surface area contributed by atoms with E-state index in [1.165, 1.54) is 10.4 Å². The van der Waals surface area contributed by atoms with Gasteiger partial charge in [0.2, 0.25) is 0 Å². The number of hydrogen-bond acceptors (Lipinski definition) is 3. The van der Waals surface area contributed by atoms with Crippen LogP contribution in [0.2, 0.25) is 13.1 Å². The average molecular weight is 351 g/mol. The third-order valence-electron chi connectivity index (χ3n) is 5.23. The van der Waals surface area contributed by atoms with E-state index in [2.05, 4.69) is 47.7 Å². The summed E-state index contributed by atoms with van der Waals surface area (Å²) in [6.45, 7) is 8.63. The smallest absolute Gasteiger partial charge is 0.193 e. The molecule has 0 bridgehead atoms. The molecule has 0 N–H and O–H groups in total. The second kappa shape index (κ2) is 5.88. The summed E-state index contributed by atoms with van der Waals surface area (Å²) >= 11 is 0. The number of fused-ring (bicyclic) bond motifs is 2. The van der Waals surface area contributed by atoms with Crippen molar-refractivity contribution < 1.29 is 4.79 Å². The summed E-state index contributed by atoms with van der Waals surface area (Å²) in [5, 5.41) is 2.43. The van der Waals surface area contributed by atoms with Crippen molar-refractivity contribution in [3.8, 4) is 0 Å². The van der Waals surface area contributed by atoms with E-state index in [0.29, 0.717) is 0 Å². The number of ketones is 1. The summed E-state index contributed by atoms with van der Waals surface area (Å²) in [4.78, 5) is 17.5. The summed E-state index contributed by atoms with van der Waals surface area (Å²) in [6, 6.07) is 10.5. The Kier molecular flexibility index (Phi) is 4.11. The Morgan fingerprint density at radius 3 is 2.08 bits per heavy atom. The molecule has 3 rings (SSSR count). The zero-order valence-electron chi connectivity index (χ0n) is 16.0. The van der Waals surface area contributed by atoms with Gasteiger partial charge in [0.25, 0.3) is 0 Å². The maximum atomic E-state index is 13.3. The highest BCUT2D eigenvalue weighted by Gasteiger charge is 2.40. The van der Waals surface area contributed by atoms with Crippen LogP contribution in [0.5, 0.6) is 0 Å². The van der Waals surface area contributed by atoms with E-state index >= 15 is 0 Å². The molecule has 2 aromatic rings. The van der Waals surface area contributed by atoms with Crippen molar-refractivity contribution in [3.05, 3.63) is 53.6 Å². The predicted molar refractivity (Wildman–Crippen MR) is 112 cm³/mol. The highest BCUT2D eigenvalue weighted by atomic mass is 28.3. The lowest BCUT2D eigenvalue weighted by atomic mass is 9.96. The third-order valence-corrected chi connectivity index (χ3v) is 8.73. The van der Waals surface area contributed by atoms with Gasteiger partial charge in [-0.2, -0.15) is 0 Å². The normalized spacial score (nSPS) is 14.6. The Balaban J connectivity index is 2.35. The number of benzene rings is 2. The van der Waals surface area contributed by atoms with Gasteiger partial charge in [-0.05, 0) is 46.3 Å². The second-order valence-corrected chi connectivity index (χ2v) is 12.0. The van der Waals surface area contributed by atoms with Crippen molar-refractivity contribution in [1.29, 1.82) is 0 Å². The molecule has 0 saturated heterocycles. The van der Waals surface area contributed by atoms with Crippen molar-refractivity contribution in [2.24, 2.45) is 0 Å². The molecule has 1 aliphatic rings. The van der Waals surface area contributed by atoms with E-state index in [-0.39, 0.29) is 5.78 Å². The first-order valence-electron chi connectivity index (χ1n) is 8.53. The molecule has 0 saturated carbocycles. The van der Waals surface area contributed by atoms with Crippen LogP contribution < -0.4 is 20.2 Å². The van der Waals surface area contributed by atoms with Gasteiger partial charge in [0.05, 0.1) is 0 Å². The van der Waals surface area contributed by atoms with Gasteiger partial charge >= 0.3 is 0 Å². The standard InChI is InChI=1S/C21H26N2OSi/c1-8-14-11-16(23(4)5)13-19-20(14)21(24)17-10-9-15(22(2)3)12-18(17)25(19,6)7/h8-13H,1H2,2-7H3. The average Bonchev–Trinajstić information content (AvgIpc) is 2.58. The molecule has 25 heavy (non-hydrogen) atoms. The molecule has 0 aliphatic carbocycles. The first-order valence-corrected chi connectivity index (χ1v) is 11.5. The highest BCUT2D eigenvalue weighted by Crippen LogP contribution is 2.28. The largest absolute Gasteiger partial charge is 0.378 e. The lowest BCUT2D eigenvalue weighted by Gasteiger charge is -2.35. The summed E-state index contributed by atoms with van der Waals surface area (Å²) in [5.41, 5.74) is 4.91. The molecular weight excluding hydrogens is 324 g/mol. The van der Waals surface area contributed by atoms with Crippen LogP contribution in [0.25, 0.3) is 6.08 Å². The zero-order chi connectivity index (χ0) is 18.5. The monoisotopic (exact) mass is 350 g/mol. The SMILES string of the molecule is C=Cc1cc(N(C)C)cc2c1C(=O)c1ccc(N(C)C)cc1[Si]2(C)C. The van der Waals surface area contributed by atoms with Crippen LogP contribution in [0.4, 0.5) is 11.4 Å². The number of carbonyl (C=O) groups excluding carboxylic acids is 1. The quantitative estimate of drug-likeness (QED) is 0.796. The molecule has 1 heterocycles. The summed E-state index contributed by atoms with van der Waals surface area (Å²) in [5.74, 6) is 0.127. The maximum Gasteiger partial charge on any atom is 0.193 e. The summed E-state index contributed by atoms with van der Waals surface area (Å²) < 4.78 is 0. The van der Waals surface area contributed by atoms with Crippen molar-refractivity contribution in [2.45, 2.75) is 13.1 Å². The minimum atomic E-state index is -2.00. The van der Waals surface area contributed by atoms with Crippen molar-refractivity contribution >= 4 is 41.7 Å². The van der Waals surface area contributed by atoms with E-state index in [9.17, 15) is 4.79 Å². The number of nitrogens with zero attached hydrogens (tertiary/aromatic N) is 2. The van der Waals surface area contributed by atoms with Crippen molar-refractivity contribution in [2.75, 3.05) is 38.0 Å². The van der Waals surface area contributed by atoms with Gasteiger partial charge in [0, 0.05) is 50.7 Å². The molecule has 0 amide bonds. The number of carbonyl (C=O) groups is 1. The number of rotatable bonds is 3. The molecular formula is C21H26N2OSi. The van der Waals surface area contributed by atoms with Crippen LogP contribution >= 0.6 is 0 Å². The van der Waals surface area contributed by atoms with Crippen LogP contribution in [0, 0.1) is 0 Å². The molecule has 4 heteroatoms.